The van der Waals surface area contributed by atoms with Crippen LogP contribution >= 0.6 is 0 Å². The van der Waals surface area contributed by atoms with Crippen LogP contribution in [0.5, 0.6) is 5.75 Å². The predicted octanol–water partition coefficient (Wildman–Crippen LogP) is 2.66. The standard InChI is InChI=1S/C19H19N5O4/c1-12-3-5-14(18(7-12)28-10-19(20)25)16-9-23(11-22-16)17-8-13(24(26)27)4-6-15(17)21-2/h3-9,11,21H,10H2,1-2H3,(H2,20,25). The van der Waals surface area contributed by atoms with Crippen molar-refractivity contribution in [1.82, 2.24) is 9.55 Å². The lowest BCUT2D eigenvalue weighted by atomic mass is 10.1. The van der Waals surface area contributed by atoms with Crippen LogP contribution in [0.3, 0.4) is 0 Å². The van der Waals surface area contributed by atoms with E-state index in [1.165, 1.54) is 12.1 Å². The van der Waals surface area contributed by atoms with E-state index in [1.54, 1.807) is 36.3 Å². The van der Waals surface area contributed by atoms with Crippen LogP contribution in [0.15, 0.2) is 48.9 Å². The molecular weight excluding hydrogens is 362 g/mol. The Hall–Kier alpha value is -3.88. The average Bonchev–Trinajstić information content (AvgIpc) is 3.15. The Morgan fingerprint density at radius 2 is 2.11 bits per heavy atom. The number of nitro groups is 1. The Balaban J connectivity index is 2.03. The van der Waals surface area contributed by atoms with Crippen molar-refractivity contribution in [2.45, 2.75) is 6.92 Å². The summed E-state index contributed by atoms with van der Waals surface area (Å²) in [5.41, 5.74) is 8.68. The molecule has 0 fully saturated rings. The summed E-state index contributed by atoms with van der Waals surface area (Å²) >= 11 is 0. The summed E-state index contributed by atoms with van der Waals surface area (Å²) in [4.78, 5) is 26.1. The van der Waals surface area contributed by atoms with Gasteiger partial charge in [0.05, 0.1) is 28.3 Å². The minimum atomic E-state index is -0.576. The van der Waals surface area contributed by atoms with E-state index in [0.717, 1.165) is 5.56 Å². The number of hydrogen-bond donors (Lipinski definition) is 2. The monoisotopic (exact) mass is 381 g/mol. The van der Waals surface area contributed by atoms with E-state index in [4.69, 9.17) is 10.5 Å². The van der Waals surface area contributed by atoms with Crippen LogP contribution in [-0.4, -0.2) is 34.0 Å². The first-order valence-electron chi connectivity index (χ1n) is 8.41. The normalized spacial score (nSPS) is 10.5. The van der Waals surface area contributed by atoms with Crippen molar-refractivity contribution in [3.63, 3.8) is 0 Å². The zero-order valence-corrected chi connectivity index (χ0v) is 15.4. The fourth-order valence-corrected chi connectivity index (χ4v) is 2.76. The molecule has 0 aliphatic rings. The third kappa shape index (κ3) is 3.93. The highest BCUT2D eigenvalue weighted by atomic mass is 16.6. The van der Waals surface area contributed by atoms with Crippen LogP contribution in [-0.2, 0) is 4.79 Å². The minimum absolute atomic E-state index is 0.0231. The fourth-order valence-electron chi connectivity index (χ4n) is 2.76. The lowest BCUT2D eigenvalue weighted by Gasteiger charge is -2.10. The first-order valence-corrected chi connectivity index (χ1v) is 8.41. The van der Waals surface area contributed by atoms with Crippen molar-refractivity contribution in [3.05, 3.63) is 64.6 Å². The molecule has 28 heavy (non-hydrogen) atoms. The molecule has 144 valence electrons. The number of non-ortho nitro benzene ring substituents is 1. The van der Waals surface area contributed by atoms with Crippen molar-refractivity contribution in [3.8, 4) is 22.7 Å². The highest BCUT2D eigenvalue weighted by molar-refractivity contribution is 5.76. The Morgan fingerprint density at radius 1 is 1.32 bits per heavy atom. The molecule has 3 rings (SSSR count). The Kier molecular flexibility index (Phi) is 5.25. The van der Waals surface area contributed by atoms with E-state index in [2.05, 4.69) is 10.3 Å². The van der Waals surface area contributed by atoms with Gasteiger partial charge in [-0.1, -0.05) is 6.07 Å². The molecular formula is C19H19N5O4. The van der Waals surface area contributed by atoms with Gasteiger partial charge in [0.1, 0.15) is 5.75 Å². The number of imidazole rings is 1. The summed E-state index contributed by atoms with van der Waals surface area (Å²) in [6, 6.07) is 10.1. The molecule has 0 saturated heterocycles. The molecule has 9 heteroatoms. The van der Waals surface area contributed by atoms with Crippen molar-refractivity contribution in [2.24, 2.45) is 5.73 Å². The molecule has 0 spiro atoms. The summed E-state index contributed by atoms with van der Waals surface area (Å²) in [5.74, 6) is -0.0924. The topological polar surface area (TPSA) is 125 Å². The summed E-state index contributed by atoms with van der Waals surface area (Å²) in [6.45, 7) is 1.66. The highest BCUT2D eigenvalue weighted by Crippen LogP contribution is 2.32. The number of nitrogens with one attached hydrogen (secondary N) is 1. The molecule has 0 aliphatic carbocycles. The van der Waals surface area contributed by atoms with Crippen LogP contribution in [0.1, 0.15) is 5.56 Å². The van der Waals surface area contributed by atoms with Crippen LogP contribution in [0.25, 0.3) is 16.9 Å². The number of aryl methyl sites for hydroxylation is 1. The molecule has 0 unspecified atom stereocenters. The molecule has 2 aromatic carbocycles. The predicted molar refractivity (Wildman–Crippen MR) is 105 cm³/mol. The minimum Gasteiger partial charge on any atom is -0.483 e. The zero-order valence-electron chi connectivity index (χ0n) is 15.4. The SMILES string of the molecule is CNc1ccc([N+](=O)[O-])cc1-n1cnc(-c2ccc(C)cc2OCC(N)=O)c1. The second-order valence-electron chi connectivity index (χ2n) is 6.13. The van der Waals surface area contributed by atoms with Gasteiger partial charge in [0, 0.05) is 30.9 Å². The van der Waals surface area contributed by atoms with Gasteiger partial charge in [0.25, 0.3) is 11.6 Å². The molecule has 3 N–H and O–H groups in total. The van der Waals surface area contributed by atoms with Crippen LogP contribution in [0.4, 0.5) is 11.4 Å². The van der Waals surface area contributed by atoms with Gasteiger partial charge < -0.3 is 20.4 Å². The number of ether oxygens (including phenoxy) is 1. The quantitative estimate of drug-likeness (QED) is 0.479. The van der Waals surface area contributed by atoms with Gasteiger partial charge in [-0.2, -0.15) is 0 Å². The van der Waals surface area contributed by atoms with Crippen LogP contribution < -0.4 is 15.8 Å². The lowest BCUT2D eigenvalue weighted by molar-refractivity contribution is -0.384. The van der Waals surface area contributed by atoms with Crippen molar-refractivity contribution in [2.75, 3.05) is 19.0 Å². The lowest BCUT2D eigenvalue weighted by Crippen LogP contribution is -2.20. The number of nitro benzene ring substituents is 1. The Labute approximate surface area is 160 Å². The Bertz CT molecular complexity index is 1040. The maximum atomic E-state index is 11.1. The number of nitrogens with zero attached hydrogens (tertiary/aromatic N) is 3. The number of aromatic nitrogens is 2. The number of hydrogen-bond acceptors (Lipinski definition) is 6. The van der Waals surface area contributed by atoms with Gasteiger partial charge in [-0.05, 0) is 30.7 Å². The molecule has 3 aromatic rings. The number of anilines is 1. The van der Waals surface area contributed by atoms with E-state index >= 15 is 0 Å². The third-order valence-electron chi connectivity index (χ3n) is 4.11. The molecule has 0 aliphatic heterocycles. The van der Waals surface area contributed by atoms with E-state index in [1.807, 2.05) is 19.1 Å². The summed E-state index contributed by atoms with van der Waals surface area (Å²) < 4.78 is 7.21. The van der Waals surface area contributed by atoms with Crippen molar-refractivity contribution in [1.29, 1.82) is 0 Å². The van der Waals surface area contributed by atoms with Gasteiger partial charge in [-0.3, -0.25) is 14.9 Å². The smallest absolute Gasteiger partial charge is 0.271 e. The van der Waals surface area contributed by atoms with Gasteiger partial charge in [-0.25, -0.2) is 4.98 Å². The van der Waals surface area contributed by atoms with Gasteiger partial charge >= 0.3 is 0 Å². The maximum absolute atomic E-state index is 11.1. The first-order chi connectivity index (χ1) is 13.4. The highest BCUT2D eigenvalue weighted by Gasteiger charge is 2.15. The molecule has 0 atom stereocenters. The first kappa shape index (κ1) is 18.9. The zero-order chi connectivity index (χ0) is 20.3. The number of primary amides is 1. The second kappa shape index (κ2) is 7.78. The Morgan fingerprint density at radius 3 is 2.79 bits per heavy atom. The van der Waals surface area contributed by atoms with Gasteiger partial charge in [0.15, 0.2) is 6.61 Å². The van der Waals surface area contributed by atoms with E-state index in [0.29, 0.717) is 28.4 Å². The number of nitrogens with two attached hydrogens (primary N) is 1. The second-order valence-corrected chi connectivity index (χ2v) is 6.13. The summed E-state index contributed by atoms with van der Waals surface area (Å²) in [7, 11) is 1.73. The van der Waals surface area contributed by atoms with E-state index in [-0.39, 0.29) is 12.3 Å². The summed E-state index contributed by atoms with van der Waals surface area (Å²) in [6.07, 6.45) is 3.30. The molecule has 1 aromatic heterocycles. The largest absolute Gasteiger partial charge is 0.483 e. The molecule has 0 saturated carbocycles. The van der Waals surface area contributed by atoms with Gasteiger partial charge in [0.2, 0.25) is 0 Å². The number of rotatable bonds is 7. The van der Waals surface area contributed by atoms with Crippen LogP contribution in [0.2, 0.25) is 0 Å². The van der Waals surface area contributed by atoms with Crippen LogP contribution in [0, 0.1) is 17.0 Å². The number of carbonyl (C=O) groups is 1. The molecule has 1 amide bonds. The summed E-state index contributed by atoms with van der Waals surface area (Å²) in [5, 5.41) is 14.1. The van der Waals surface area contributed by atoms with Crippen molar-refractivity contribution >= 4 is 17.3 Å². The average molecular weight is 381 g/mol. The number of benzene rings is 2. The molecule has 1 heterocycles. The molecule has 0 radical (unpaired) electrons. The third-order valence-corrected chi connectivity index (χ3v) is 4.11. The van der Waals surface area contributed by atoms with Gasteiger partial charge in [-0.15, -0.1) is 0 Å². The fraction of sp³-hybridized carbons (Fsp3) is 0.158. The molecule has 9 nitrogen and oxygen atoms in total. The van der Waals surface area contributed by atoms with E-state index in [9.17, 15) is 14.9 Å². The molecule has 0 bridgehead atoms. The number of amides is 1. The van der Waals surface area contributed by atoms with Crippen molar-refractivity contribution < 1.29 is 14.5 Å². The number of carbonyl (C=O) groups excluding carboxylic acids is 1. The maximum Gasteiger partial charge on any atom is 0.271 e. The van der Waals surface area contributed by atoms with E-state index < -0.39 is 10.8 Å².